The number of anilines is 1. The maximum atomic E-state index is 13.9. The molecule has 1 fully saturated rings. The van der Waals surface area contributed by atoms with Gasteiger partial charge in [0.15, 0.2) is 0 Å². The maximum Gasteiger partial charge on any atom is 0.146 e. The van der Waals surface area contributed by atoms with Gasteiger partial charge in [-0.1, -0.05) is 0 Å². The number of rotatable bonds is 3. The molecule has 1 aromatic carbocycles. The van der Waals surface area contributed by atoms with E-state index in [1.807, 2.05) is 11.0 Å². The summed E-state index contributed by atoms with van der Waals surface area (Å²) in [7, 11) is 0. The lowest BCUT2D eigenvalue weighted by molar-refractivity contribution is 0.145. The smallest absolute Gasteiger partial charge is 0.146 e. The molecule has 0 bridgehead atoms. The molecule has 1 saturated heterocycles. The molecule has 4 nitrogen and oxygen atoms in total. The second-order valence-electron chi connectivity index (χ2n) is 4.56. The fourth-order valence-corrected chi connectivity index (χ4v) is 2.25. The summed E-state index contributed by atoms with van der Waals surface area (Å²) in [5.41, 5.74) is 0.648. The van der Waals surface area contributed by atoms with Gasteiger partial charge in [-0.05, 0) is 25.8 Å². The topological polar surface area (TPSA) is 56.5 Å². The molecule has 1 N–H and O–H groups in total. The van der Waals surface area contributed by atoms with E-state index < -0.39 is 5.82 Å². The second-order valence-corrected chi connectivity index (χ2v) is 4.56. The minimum atomic E-state index is -0.561. The Balaban J connectivity index is 2.29. The van der Waals surface area contributed by atoms with E-state index in [9.17, 15) is 9.50 Å². The van der Waals surface area contributed by atoms with Crippen molar-refractivity contribution in [1.29, 1.82) is 5.26 Å². The van der Waals surface area contributed by atoms with E-state index in [1.165, 1.54) is 6.07 Å². The van der Waals surface area contributed by atoms with Crippen molar-refractivity contribution in [2.75, 3.05) is 24.6 Å². The van der Waals surface area contributed by atoms with Gasteiger partial charge in [-0.15, -0.1) is 0 Å². The molecule has 0 unspecified atom stereocenters. The largest absolute Gasteiger partial charge is 0.492 e. The molecule has 0 atom stereocenters. The fraction of sp³-hybridized carbons (Fsp3) is 0.500. The first-order chi connectivity index (χ1) is 9.15. The highest BCUT2D eigenvalue weighted by Gasteiger charge is 2.20. The Hall–Kier alpha value is -1.80. The third-order valence-corrected chi connectivity index (χ3v) is 3.28. The molecule has 1 heterocycles. The van der Waals surface area contributed by atoms with Crippen LogP contribution in [0.1, 0.15) is 25.3 Å². The monoisotopic (exact) mass is 264 g/mol. The number of hydrogen-bond acceptors (Lipinski definition) is 4. The Bertz CT molecular complexity index is 491. The van der Waals surface area contributed by atoms with Crippen LogP contribution in [0.3, 0.4) is 0 Å². The number of aliphatic hydroxyl groups excluding tert-OH is 1. The molecule has 1 aliphatic rings. The first-order valence-corrected chi connectivity index (χ1v) is 6.45. The van der Waals surface area contributed by atoms with Gasteiger partial charge < -0.3 is 14.7 Å². The predicted molar refractivity (Wildman–Crippen MR) is 69.7 cm³/mol. The van der Waals surface area contributed by atoms with E-state index in [0.29, 0.717) is 38.2 Å². The number of nitrogens with zero attached hydrogens (tertiary/aromatic N) is 2. The van der Waals surface area contributed by atoms with Crippen molar-refractivity contribution in [2.45, 2.75) is 25.9 Å². The zero-order chi connectivity index (χ0) is 13.8. The maximum absolute atomic E-state index is 13.9. The van der Waals surface area contributed by atoms with Crippen LogP contribution in [-0.2, 0) is 0 Å². The highest BCUT2D eigenvalue weighted by molar-refractivity contribution is 5.58. The van der Waals surface area contributed by atoms with Crippen molar-refractivity contribution in [3.05, 3.63) is 23.5 Å². The summed E-state index contributed by atoms with van der Waals surface area (Å²) in [5, 5.41) is 18.4. The van der Waals surface area contributed by atoms with Gasteiger partial charge in [0.1, 0.15) is 23.2 Å². The zero-order valence-corrected chi connectivity index (χ0v) is 10.9. The van der Waals surface area contributed by atoms with E-state index >= 15 is 0 Å². The predicted octanol–water partition coefficient (Wildman–Crippen LogP) is 2.06. The van der Waals surface area contributed by atoms with Crippen LogP contribution in [0.5, 0.6) is 5.75 Å². The van der Waals surface area contributed by atoms with Crippen LogP contribution >= 0.6 is 0 Å². The van der Waals surface area contributed by atoms with Crippen LogP contribution in [0, 0.1) is 17.1 Å². The first kappa shape index (κ1) is 13.6. The van der Waals surface area contributed by atoms with Gasteiger partial charge in [0.05, 0.1) is 12.7 Å². The lowest BCUT2D eigenvalue weighted by Gasteiger charge is -2.31. The average Bonchev–Trinajstić information content (AvgIpc) is 2.39. The van der Waals surface area contributed by atoms with Crippen molar-refractivity contribution in [3.63, 3.8) is 0 Å². The summed E-state index contributed by atoms with van der Waals surface area (Å²) in [5.74, 6) is -0.277. The van der Waals surface area contributed by atoms with Gasteiger partial charge >= 0.3 is 0 Å². The fourth-order valence-electron chi connectivity index (χ4n) is 2.25. The van der Waals surface area contributed by atoms with Crippen molar-refractivity contribution in [3.8, 4) is 11.8 Å². The number of hydrogen-bond donors (Lipinski definition) is 1. The lowest BCUT2D eigenvalue weighted by Crippen LogP contribution is -2.35. The van der Waals surface area contributed by atoms with Crippen LogP contribution in [0.2, 0.25) is 0 Å². The Morgan fingerprint density at radius 2 is 2.16 bits per heavy atom. The van der Waals surface area contributed by atoms with Crippen LogP contribution in [0.4, 0.5) is 10.1 Å². The van der Waals surface area contributed by atoms with Gasteiger partial charge in [-0.3, -0.25) is 0 Å². The van der Waals surface area contributed by atoms with Gasteiger partial charge in [-0.25, -0.2) is 4.39 Å². The van der Waals surface area contributed by atoms with Crippen molar-refractivity contribution >= 4 is 5.69 Å². The summed E-state index contributed by atoms with van der Waals surface area (Å²) in [6, 6.07) is 4.88. The zero-order valence-electron chi connectivity index (χ0n) is 10.9. The summed E-state index contributed by atoms with van der Waals surface area (Å²) in [6.07, 6.45) is 1.07. The second kappa shape index (κ2) is 5.89. The van der Waals surface area contributed by atoms with Gasteiger partial charge in [0.2, 0.25) is 0 Å². The minimum Gasteiger partial charge on any atom is -0.492 e. The summed E-state index contributed by atoms with van der Waals surface area (Å²) in [6.45, 7) is 3.54. The number of ether oxygens (including phenoxy) is 1. The molecule has 102 valence electrons. The van der Waals surface area contributed by atoms with E-state index in [0.717, 1.165) is 0 Å². The van der Waals surface area contributed by atoms with Crippen LogP contribution in [0.15, 0.2) is 12.1 Å². The third-order valence-electron chi connectivity index (χ3n) is 3.28. The molecule has 2 rings (SSSR count). The molecule has 19 heavy (non-hydrogen) atoms. The van der Waals surface area contributed by atoms with Crippen molar-refractivity contribution in [1.82, 2.24) is 0 Å². The summed E-state index contributed by atoms with van der Waals surface area (Å²) < 4.78 is 19.2. The normalized spacial score (nSPS) is 16.2. The number of benzene rings is 1. The Kier molecular flexibility index (Phi) is 4.23. The lowest BCUT2D eigenvalue weighted by atomic mass is 10.1. The van der Waals surface area contributed by atoms with Crippen LogP contribution in [0.25, 0.3) is 0 Å². The Morgan fingerprint density at radius 3 is 2.74 bits per heavy atom. The highest BCUT2D eigenvalue weighted by atomic mass is 19.1. The summed E-state index contributed by atoms with van der Waals surface area (Å²) in [4.78, 5) is 2.00. The third kappa shape index (κ3) is 2.96. The van der Waals surface area contributed by atoms with E-state index in [2.05, 4.69) is 0 Å². The van der Waals surface area contributed by atoms with E-state index in [4.69, 9.17) is 10.00 Å². The van der Waals surface area contributed by atoms with Crippen LogP contribution in [-0.4, -0.2) is 30.9 Å². The molecule has 1 aromatic rings. The van der Waals surface area contributed by atoms with Gasteiger partial charge in [-0.2, -0.15) is 5.26 Å². The molecule has 0 amide bonds. The Labute approximate surface area is 112 Å². The SMILES string of the molecule is CCOc1cc(N2CCC(O)CC2)cc(F)c1C#N. The molecular formula is C14H17FN2O2. The van der Waals surface area contributed by atoms with Crippen molar-refractivity contribution in [2.24, 2.45) is 0 Å². The number of nitriles is 1. The van der Waals surface area contributed by atoms with E-state index in [1.54, 1.807) is 13.0 Å². The molecule has 1 aliphatic heterocycles. The number of halogens is 1. The Morgan fingerprint density at radius 1 is 1.47 bits per heavy atom. The molecule has 0 aliphatic carbocycles. The van der Waals surface area contributed by atoms with Crippen LogP contribution < -0.4 is 9.64 Å². The molecule has 0 saturated carbocycles. The summed E-state index contributed by atoms with van der Waals surface area (Å²) >= 11 is 0. The molecular weight excluding hydrogens is 247 g/mol. The van der Waals surface area contributed by atoms with Gasteiger partial charge in [0, 0.05) is 24.8 Å². The highest BCUT2D eigenvalue weighted by Crippen LogP contribution is 2.30. The standard InChI is InChI=1S/C14H17FN2O2/c1-2-19-14-8-10(7-13(15)12(14)9-16)17-5-3-11(18)4-6-17/h7-8,11,18H,2-6H2,1H3. The molecule has 0 radical (unpaired) electrons. The molecule has 5 heteroatoms. The first-order valence-electron chi connectivity index (χ1n) is 6.45. The number of aliphatic hydroxyl groups is 1. The number of piperidine rings is 1. The van der Waals surface area contributed by atoms with Crippen molar-refractivity contribution < 1.29 is 14.2 Å². The molecule has 0 spiro atoms. The molecule has 0 aromatic heterocycles. The van der Waals surface area contributed by atoms with E-state index in [-0.39, 0.29) is 17.4 Å². The quantitative estimate of drug-likeness (QED) is 0.908. The average molecular weight is 264 g/mol. The minimum absolute atomic E-state index is 0.0531. The van der Waals surface area contributed by atoms with Gasteiger partial charge in [0.25, 0.3) is 0 Å².